The summed E-state index contributed by atoms with van der Waals surface area (Å²) in [6, 6.07) is 18.4. The van der Waals surface area contributed by atoms with Gasteiger partial charge in [0, 0.05) is 0 Å². The van der Waals surface area contributed by atoms with Crippen molar-refractivity contribution < 1.29 is 9.53 Å². The lowest BCUT2D eigenvalue weighted by Gasteiger charge is -2.11. The van der Waals surface area contributed by atoms with Crippen molar-refractivity contribution in [1.82, 2.24) is 0 Å². The summed E-state index contributed by atoms with van der Waals surface area (Å²) in [5.41, 5.74) is 3.37. The number of ether oxygens (including phenoxy) is 1. The SMILES string of the molecule is O=C(Cc1ccc(-c2ccccc2)cc1)OC1CCCC1. The van der Waals surface area contributed by atoms with Gasteiger partial charge in [0.1, 0.15) is 6.10 Å². The minimum absolute atomic E-state index is 0.102. The molecule has 2 aromatic carbocycles. The van der Waals surface area contributed by atoms with Gasteiger partial charge in [-0.3, -0.25) is 4.79 Å². The van der Waals surface area contributed by atoms with Gasteiger partial charge in [0.2, 0.25) is 0 Å². The lowest BCUT2D eigenvalue weighted by molar-refractivity contribution is -0.147. The number of hydrogen-bond donors (Lipinski definition) is 0. The summed E-state index contributed by atoms with van der Waals surface area (Å²) in [5, 5.41) is 0. The van der Waals surface area contributed by atoms with E-state index in [-0.39, 0.29) is 12.1 Å². The second kappa shape index (κ2) is 6.57. The van der Waals surface area contributed by atoms with Gasteiger partial charge in [-0.15, -0.1) is 0 Å². The van der Waals surface area contributed by atoms with Crippen LogP contribution in [0, 0.1) is 0 Å². The van der Waals surface area contributed by atoms with Crippen molar-refractivity contribution in [3.63, 3.8) is 0 Å². The van der Waals surface area contributed by atoms with Gasteiger partial charge >= 0.3 is 5.97 Å². The zero-order valence-corrected chi connectivity index (χ0v) is 12.1. The number of rotatable bonds is 4. The van der Waals surface area contributed by atoms with Crippen LogP contribution in [0.4, 0.5) is 0 Å². The van der Waals surface area contributed by atoms with Gasteiger partial charge in [0.25, 0.3) is 0 Å². The highest BCUT2D eigenvalue weighted by molar-refractivity contribution is 5.73. The van der Waals surface area contributed by atoms with Crippen molar-refractivity contribution in [2.24, 2.45) is 0 Å². The summed E-state index contributed by atoms with van der Waals surface area (Å²) in [6.45, 7) is 0. The van der Waals surface area contributed by atoms with E-state index < -0.39 is 0 Å². The third-order valence-electron chi connectivity index (χ3n) is 4.01. The zero-order valence-electron chi connectivity index (χ0n) is 12.1. The van der Waals surface area contributed by atoms with Gasteiger partial charge in [0.15, 0.2) is 0 Å². The summed E-state index contributed by atoms with van der Waals surface area (Å²) in [4.78, 5) is 11.9. The van der Waals surface area contributed by atoms with Gasteiger partial charge in [-0.1, -0.05) is 54.6 Å². The van der Waals surface area contributed by atoms with Crippen LogP contribution in [0.25, 0.3) is 11.1 Å². The summed E-state index contributed by atoms with van der Waals surface area (Å²) >= 11 is 0. The summed E-state index contributed by atoms with van der Waals surface area (Å²) in [7, 11) is 0. The molecule has 0 aromatic heterocycles. The Morgan fingerprint density at radius 1 is 0.905 bits per heavy atom. The summed E-state index contributed by atoms with van der Waals surface area (Å²) in [6.07, 6.45) is 4.94. The smallest absolute Gasteiger partial charge is 0.310 e. The molecule has 2 aromatic rings. The van der Waals surface area contributed by atoms with E-state index in [0.29, 0.717) is 6.42 Å². The molecule has 0 aliphatic heterocycles. The van der Waals surface area contributed by atoms with Crippen LogP contribution in [-0.2, 0) is 16.0 Å². The van der Waals surface area contributed by atoms with Gasteiger partial charge in [-0.2, -0.15) is 0 Å². The van der Waals surface area contributed by atoms with Crippen LogP contribution in [0.2, 0.25) is 0 Å². The van der Waals surface area contributed by atoms with E-state index in [0.717, 1.165) is 18.4 Å². The Labute approximate surface area is 125 Å². The molecule has 0 bridgehead atoms. The minimum atomic E-state index is -0.102. The average molecular weight is 280 g/mol. The van der Waals surface area contributed by atoms with Gasteiger partial charge in [-0.05, 0) is 42.4 Å². The third-order valence-corrected chi connectivity index (χ3v) is 4.01. The lowest BCUT2D eigenvalue weighted by atomic mass is 10.0. The summed E-state index contributed by atoms with van der Waals surface area (Å²) < 4.78 is 5.49. The van der Waals surface area contributed by atoms with Crippen molar-refractivity contribution in [2.75, 3.05) is 0 Å². The van der Waals surface area contributed by atoms with Crippen LogP contribution in [-0.4, -0.2) is 12.1 Å². The van der Waals surface area contributed by atoms with Crippen molar-refractivity contribution in [2.45, 2.75) is 38.2 Å². The van der Waals surface area contributed by atoms with Crippen LogP contribution < -0.4 is 0 Å². The van der Waals surface area contributed by atoms with E-state index in [4.69, 9.17) is 4.74 Å². The molecule has 0 amide bonds. The number of hydrogen-bond acceptors (Lipinski definition) is 2. The maximum Gasteiger partial charge on any atom is 0.310 e. The molecule has 108 valence electrons. The highest BCUT2D eigenvalue weighted by Crippen LogP contribution is 2.22. The van der Waals surface area contributed by atoms with Crippen LogP contribution in [0.5, 0.6) is 0 Å². The molecule has 2 heteroatoms. The summed E-state index contributed by atoms with van der Waals surface area (Å²) in [5.74, 6) is -0.102. The maximum atomic E-state index is 11.9. The molecule has 1 fully saturated rings. The van der Waals surface area contributed by atoms with Gasteiger partial charge in [0.05, 0.1) is 6.42 Å². The van der Waals surface area contributed by atoms with E-state index in [9.17, 15) is 4.79 Å². The fourth-order valence-corrected chi connectivity index (χ4v) is 2.85. The molecule has 0 N–H and O–H groups in total. The van der Waals surface area contributed by atoms with Crippen LogP contribution in [0.15, 0.2) is 54.6 Å². The van der Waals surface area contributed by atoms with Crippen molar-refractivity contribution >= 4 is 5.97 Å². The Bertz CT molecular complexity index is 581. The molecule has 3 rings (SSSR count). The zero-order chi connectivity index (χ0) is 14.5. The fourth-order valence-electron chi connectivity index (χ4n) is 2.85. The largest absolute Gasteiger partial charge is 0.462 e. The predicted molar refractivity (Wildman–Crippen MR) is 83.9 cm³/mol. The van der Waals surface area contributed by atoms with E-state index in [1.165, 1.54) is 24.0 Å². The van der Waals surface area contributed by atoms with Crippen LogP contribution in [0.1, 0.15) is 31.2 Å². The molecule has 1 aliphatic carbocycles. The molecule has 1 aliphatic rings. The second-order valence-corrected chi connectivity index (χ2v) is 5.64. The third kappa shape index (κ3) is 3.72. The molecule has 0 unspecified atom stereocenters. The van der Waals surface area contributed by atoms with E-state index in [2.05, 4.69) is 24.3 Å². The standard InChI is InChI=1S/C19H20O2/c20-19(21-18-8-4-5-9-18)14-15-10-12-17(13-11-15)16-6-2-1-3-7-16/h1-3,6-7,10-13,18H,4-5,8-9,14H2. The molecule has 0 atom stereocenters. The first-order valence-corrected chi connectivity index (χ1v) is 7.65. The Kier molecular flexibility index (Phi) is 4.34. The van der Waals surface area contributed by atoms with Crippen molar-refractivity contribution in [3.05, 3.63) is 60.2 Å². The minimum Gasteiger partial charge on any atom is -0.462 e. The number of esters is 1. The molecule has 0 spiro atoms. The predicted octanol–water partition coefficient (Wildman–Crippen LogP) is 4.38. The fraction of sp³-hybridized carbons (Fsp3) is 0.316. The van der Waals surface area contributed by atoms with Crippen molar-refractivity contribution in [3.8, 4) is 11.1 Å². The molecule has 2 nitrogen and oxygen atoms in total. The lowest BCUT2D eigenvalue weighted by Crippen LogP contribution is -2.16. The van der Waals surface area contributed by atoms with E-state index in [1.807, 2.05) is 30.3 Å². The molecule has 0 heterocycles. The van der Waals surface area contributed by atoms with Crippen molar-refractivity contribution in [1.29, 1.82) is 0 Å². The first kappa shape index (κ1) is 13.9. The maximum absolute atomic E-state index is 11.9. The van der Waals surface area contributed by atoms with Crippen LogP contribution >= 0.6 is 0 Å². The normalized spacial score (nSPS) is 15.0. The molecule has 21 heavy (non-hydrogen) atoms. The van der Waals surface area contributed by atoms with Gasteiger partial charge in [-0.25, -0.2) is 0 Å². The Hall–Kier alpha value is -2.09. The Balaban J connectivity index is 1.60. The Morgan fingerprint density at radius 2 is 1.52 bits per heavy atom. The molecular formula is C19H20O2. The topological polar surface area (TPSA) is 26.3 Å². The number of carbonyl (C=O) groups excluding carboxylic acids is 1. The monoisotopic (exact) mass is 280 g/mol. The molecule has 1 saturated carbocycles. The van der Waals surface area contributed by atoms with Crippen LogP contribution in [0.3, 0.4) is 0 Å². The second-order valence-electron chi connectivity index (χ2n) is 5.64. The first-order valence-electron chi connectivity index (χ1n) is 7.65. The molecule has 0 saturated heterocycles. The van der Waals surface area contributed by atoms with E-state index >= 15 is 0 Å². The molecule has 0 radical (unpaired) electrons. The number of carbonyl (C=O) groups is 1. The average Bonchev–Trinajstić information content (AvgIpc) is 3.02. The van der Waals surface area contributed by atoms with Gasteiger partial charge < -0.3 is 4.74 Å². The highest BCUT2D eigenvalue weighted by Gasteiger charge is 2.19. The Morgan fingerprint density at radius 3 is 2.19 bits per heavy atom. The highest BCUT2D eigenvalue weighted by atomic mass is 16.5. The van der Waals surface area contributed by atoms with E-state index in [1.54, 1.807) is 0 Å². The number of benzene rings is 2. The molecular weight excluding hydrogens is 260 g/mol. The first-order chi connectivity index (χ1) is 10.3. The quantitative estimate of drug-likeness (QED) is 0.777.